The number of para-hydroxylation sites is 1. The smallest absolute Gasteiger partial charge is 0.252 e. The maximum absolute atomic E-state index is 12.4. The number of rotatable bonds is 6. The van der Waals surface area contributed by atoms with Gasteiger partial charge in [0, 0.05) is 49.8 Å². The van der Waals surface area contributed by atoms with E-state index in [1.807, 2.05) is 42.6 Å². The van der Waals surface area contributed by atoms with Crippen LogP contribution in [0.4, 0.5) is 11.4 Å². The summed E-state index contributed by atoms with van der Waals surface area (Å²) in [4.78, 5) is 14.9. The van der Waals surface area contributed by atoms with Gasteiger partial charge in [-0.3, -0.25) is 9.69 Å². The molecule has 0 radical (unpaired) electrons. The summed E-state index contributed by atoms with van der Waals surface area (Å²) in [6, 6.07) is 22.2. The molecule has 27 heavy (non-hydrogen) atoms. The van der Waals surface area contributed by atoms with Gasteiger partial charge >= 0.3 is 0 Å². The van der Waals surface area contributed by atoms with Crippen LogP contribution in [0.2, 0.25) is 0 Å². The van der Waals surface area contributed by atoms with Gasteiger partial charge in [0.1, 0.15) is 0 Å². The van der Waals surface area contributed by atoms with Gasteiger partial charge in [0.05, 0.1) is 0 Å². The predicted octanol–water partition coefficient (Wildman–Crippen LogP) is 4.04. The zero-order valence-corrected chi connectivity index (χ0v) is 15.5. The Hall–Kier alpha value is -2.85. The first-order valence-corrected chi connectivity index (χ1v) is 9.60. The van der Waals surface area contributed by atoms with Crippen LogP contribution in [0, 0.1) is 0 Å². The van der Waals surface area contributed by atoms with Crippen LogP contribution in [0.1, 0.15) is 17.5 Å². The van der Waals surface area contributed by atoms with Gasteiger partial charge in [-0.05, 0) is 42.2 Å². The average Bonchev–Trinajstić information content (AvgIpc) is 2.70. The van der Waals surface area contributed by atoms with E-state index in [2.05, 4.69) is 34.5 Å². The highest BCUT2D eigenvalue weighted by molar-refractivity contribution is 5.58. The van der Waals surface area contributed by atoms with Crippen molar-refractivity contribution in [1.29, 1.82) is 0 Å². The monoisotopic (exact) mass is 359 g/mol. The summed E-state index contributed by atoms with van der Waals surface area (Å²) in [7, 11) is 0. The van der Waals surface area contributed by atoms with Crippen molar-refractivity contribution in [2.75, 3.05) is 18.4 Å². The van der Waals surface area contributed by atoms with Crippen LogP contribution in [0.5, 0.6) is 0 Å². The molecule has 1 aliphatic rings. The fourth-order valence-electron chi connectivity index (χ4n) is 3.67. The van der Waals surface area contributed by atoms with Crippen molar-refractivity contribution < 1.29 is 0 Å². The second-order valence-corrected chi connectivity index (χ2v) is 7.09. The molecule has 0 unspecified atom stereocenters. The Bertz CT molecular complexity index is 949. The summed E-state index contributed by atoms with van der Waals surface area (Å²) in [6.07, 6.45) is 3.99. The lowest BCUT2D eigenvalue weighted by atomic mass is 10.00. The van der Waals surface area contributed by atoms with Gasteiger partial charge in [-0.15, -0.1) is 0 Å². The summed E-state index contributed by atoms with van der Waals surface area (Å²) in [5, 5.41) is 3.27. The Balaban J connectivity index is 1.31. The third-order valence-electron chi connectivity index (χ3n) is 5.14. The fourth-order valence-corrected chi connectivity index (χ4v) is 3.67. The van der Waals surface area contributed by atoms with Crippen LogP contribution in [-0.4, -0.2) is 22.6 Å². The molecular formula is C23H25N3O. The SMILES string of the molecule is O=c1cc(Nc2ccccc2)ccn1CCCN1CCc2ccccc2C1. The van der Waals surface area contributed by atoms with E-state index < -0.39 is 0 Å². The molecule has 0 atom stereocenters. The van der Waals surface area contributed by atoms with Gasteiger partial charge in [0.15, 0.2) is 0 Å². The van der Waals surface area contributed by atoms with Crippen molar-refractivity contribution in [3.63, 3.8) is 0 Å². The van der Waals surface area contributed by atoms with Gasteiger partial charge in [-0.25, -0.2) is 0 Å². The first kappa shape index (κ1) is 17.6. The summed E-state index contributed by atoms with van der Waals surface area (Å²) in [5.74, 6) is 0. The molecule has 1 aliphatic heterocycles. The number of hydrogen-bond donors (Lipinski definition) is 1. The lowest BCUT2D eigenvalue weighted by Crippen LogP contribution is -2.32. The maximum atomic E-state index is 12.4. The summed E-state index contributed by atoms with van der Waals surface area (Å²) in [6.45, 7) is 3.89. The van der Waals surface area contributed by atoms with E-state index in [1.165, 1.54) is 11.1 Å². The maximum Gasteiger partial charge on any atom is 0.252 e. The first-order chi connectivity index (χ1) is 13.3. The Kier molecular flexibility index (Phi) is 5.35. The zero-order chi connectivity index (χ0) is 18.5. The van der Waals surface area contributed by atoms with Crippen molar-refractivity contribution in [3.8, 4) is 0 Å². The standard InChI is InChI=1S/C23H25N3O/c27-23-17-22(24-21-9-2-1-3-10-21)12-16-26(23)14-6-13-25-15-11-19-7-4-5-8-20(19)18-25/h1-5,7-10,12,16-17,24H,6,11,13-15,18H2. The number of benzene rings is 2. The van der Waals surface area contributed by atoms with E-state index >= 15 is 0 Å². The summed E-state index contributed by atoms with van der Waals surface area (Å²) >= 11 is 0. The molecule has 3 aromatic rings. The van der Waals surface area contributed by atoms with Crippen molar-refractivity contribution in [2.24, 2.45) is 0 Å². The van der Waals surface area contributed by atoms with E-state index in [4.69, 9.17) is 0 Å². The van der Waals surface area contributed by atoms with Crippen molar-refractivity contribution in [3.05, 3.63) is 94.4 Å². The molecule has 0 amide bonds. The van der Waals surface area contributed by atoms with Gasteiger partial charge in [0.2, 0.25) is 0 Å². The van der Waals surface area contributed by atoms with Crippen LogP contribution in [0.15, 0.2) is 77.7 Å². The summed E-state index contributed by atoms with van der Waals surface area (Å²) < 4.78 is 1.80. The highest BCUT2D eigenvalue weighted by atomic mass is 16.1. The second-order valence-electron chi connectivity index (χ2n) is 7.09. The van der Waals surface area contributed by atoms with Gasteiger partial charge in [-0.2, -0.15) is 0 Å². The van der Waals surface area contributed by atoms with Crippen LogP contribution in [0.25, 0.3) is 0 Å². The molecule has 1 N–H and O–H groups in total. The molecule has 0 spiro atoms. The van der Waals surface area contributed by atoms with Gasteiger partial charge in [0.25, 0.3) is 5.56 Å². The van der Waals surface area contributed by atoms with Crippen LogP contribution >= 0.6 is 0 Å². The third kappa shape index (κ3) is 4.47. The van der Waals surface area contributed by atoms with Crippen LogP contribution < -0.4 is 10.9 Å². The van der Waals surface area contributed by atoms with E-state index in [0.29, 0.717) is 0 Å². The summed E-state index contributed by atoms with van der Waals surface area (Å²) in [5.41, 5.74) is 4.78. The molecule has 0 saturated heterocycles. The lowest BCUT2D eigenvalue weighted by Gasteiger charge is -2.28. The molecule has 138 valence electrons. The number of nitrogens with one attached hydrogen (secondary N) is 1. The molecular weight excluding hydrogens is 334 g/mol. The zero-order valence-electron chi connectivity index (χ0n) is 15.5. The minimum Gasteiger partial charge on any atom is -0.355 e. The number of anilines is 2. The van der Waals surface area contributed by atoms with Crippen molar-refractivity contribution >= 4 is 11.4 Å². The largest absolute Gasteiger partial charge is 0.355 e. The normalized spacial score (nSPS) is 13.9. The topological polar surface area (TPSA) is 37.3 Å². The minimum absolute atomic E-state index is 0.0416. The average molecular weight is 359 g/mol. The quantitative estimate of drug-likeness (QED) is 0.722. The van der Waals surface area contributed by atoms with Crippen molar-refractivity contribution in [2.45, 2.75) is 25.9 Å². The molecule has 2 heterocycles. The number of hydrogen-bond acceptors (Lipinski definition) is 3. The number of aromatic nitrogens is 1. The molecule has 4 heteroatoms. The minimum atomic E-state index is 0.0416. The highest BCUT2D eigenvalue weighted by Crippen LogP contribution is 2.18. The Morgan fingerprint density at radius 1 is 0.852 bits per heavy atom. The van der Waals surface area contributed by atoms with Crippen LogP contribution in [0.3, 0.4) is 0 Å². The van der Waals surface area contributed by atoms with Crippen LogP contribution in [-0.2, 0) is 19.5 Å². The van der Waals surface area contributed by atoms with E-state index in [-0.39, 0.29) is 5.56 Å². The molecule has 2 aromatic carbocycles. The molecule has 0 bridgehead atoms. The molecule has 0 fully saturated rings. The first-order valence-electron chi connectivity index (χ1n) is 9.60. The predicted molar refractivity (Wildman–Crippen MR) is 110 cm³/mol. The number of nitrogens with zero attached hydrogens (tertiary/aromatic N) is 2. The van der Waals surface area contributed by atoms with Gasteiger partial charge < -0.3 is 9.88 Å². The van der Waals surface area contributed by atoms with E-state index in [1.54, 1.807) is 10.6 Å². The Morgan fingerprint density at radius 2 is 1.63 bits per heavy atom. The molecule has 1 aromatic heterocycles. The lowest BCUT2D eigenvalue weighted by molar-refractivity contribution is 0.246. The number of pyridine rings is 1. The van der Waals surface area contributed by atoms with Gasteiger partial charge in [-0.1, -0.05) is 42.5 Å². The third-order valence-corrected chi connectivity index (χ3v) is 5.14. The second kappa shape index (κ2) is 8.23. The number of aryl methyl sites for hydroxylation is 1. The number of fused-ring (bicyclic) bond motifs is 1. The van der Waals surface area contributed by atoms with Crippen molar-refractivity contribution in [1.82, 2.24) is 9.47 Å². The molecule has 0 aliphatic carbocycles. The fraction of sp³-hybridized carbons (Fsp3) is 0.261. The molecule has 4 rings (SSSR count). The molecule has 0 saturated carbocycles. The molecule has 4 nitrogen and oxygen atoms in total. The Labute approximate surface area is 160 Å². The van der Waals surface area contributed by atoms with E-state index in [0.717, 1.165) is 50.4 Å². The Morgan fingerprint density at radius 3 is 2.44 bits per heavy atom. The highest BCUT2D eigenvalue weighted by Gasteiger charge is 2.14. The van der Waals surface area contributed by atoms with E-state index in [9.17, 15) is 4.79 Å².